The highest BCUT2D eigenvalue weighted by Crippen LogP contribution is 2.38. The molecule has 0 aliphatic heterocycles. The van der Waals surface area contributed by atoms with E-state index in [2.05, 4.69) is 19.2 Å². The van der Waals surface area contributed by atoms with Crippen molar-refractivity contribution in [2.75, 3.05) is 12.8 Å². The normalized spacial score (nSPS) is 16.0. The van der Waals surface area contributed by atoms with Gasteiger partial charge in [0.05, 0.1) is 5.75 Å². The number of carbonyl (C=O) groups excluding carboxylic acids is 1. The van der Waals surface area contributed by atoms with Crippen molar-refractivity contribution >= 4 is 39.2 Å². The van der Waals surface area contributed by atoms with Gasteiger partial charge in [-0.3, -0.25) is 4.79 Å². The number of thioether (sulfide) groups is 1. The molecule has 0 atom stereocenters. The maximum atomic E-state index is 11.6. The smallest absolute Gasteiger partial charge is 0.230 e. The quantitative estimate of drug-likeness (QED) is 0.664. The highest BCUT2D eigenvalue weighted by Gasteiger charge is 2.22. The summed E-state index contributed by atoms with van der Waals surface area (Å²) in [5.41, 5.74) is 1.25. The molecule has 1 fully saturated rings. The van der Waals surface area contributed by atoms with Gasteiger partial charge in [-0.05, 0) is 32.3 Å². The van der Waals surface area contributed by atoms with Crippen molar-refractivity contribution in [1.82, 2.24) is 15.3 Å². The van der Waals surface area contributed by atoms with E-state index < -0.39 is 0 Å². The second kappa shape index (κ2) is 7.18. The summed E-state index contributed by atoms with van der Waals surface area (Å²) in [6.45, 7) is 4.26. The first-order chi connectivity index (χ1) is 11.1. The molecule has 6 heteroatoms. The highest BCUT2D eigenvalue weighted by molar-refractivity contribution is 8.00. The Balaban J connectivity index is 2.00. The van der Waals surface area contributed by atoms with Gasteiger partial charge in [0.15, 0.2) is 0 Å². The first-order valence-electron chi connectivity index (χ1n) is 8.21. The molecule has 3 rings (SSSR count). The average Bonchev–Trinajstić information content (AvgIpc) is 2.87. The van der Waals surface area contributed by atoms with Crippen LogP contribution in [0.5, 0.6) is 0 Å². The van der Waals surface area contributed by atoms with Crippen molar-refractivity contribution in [2.24, 2.45) is 0 Å². The van der Waals surface area contributed by atoms with Crippen LogP contribution in [0.3, 0.4) is 0 Å². The average molecular weight is 350 g/mol. The number of carbonyl (C=O) groups is 1. The maximum Gasteiger partial charge on any atom is 0.230 e. The summed E-state index contributed by atoms with van der Waals surface area (Å²) in [4.78, 5) is 23.8. The lowest BCUT2D eigenvalue weighted by Gasteiger charge is -2.20. The van der Waals surface area contributed by atoms with E-state index in [-0.39, 0.29) is 5.91 Å². The number of aryl methyl sites for hydroxylation is 2. The molecule has 2 aromatic heterocycles. The van der Waals surface area contributed by atoms with E-state index in [0.717, 1.165) is 21.1 Å². The fourth-order valence-corrected chi connectivity index (χ4v) is 5.15. The number of nitrogens with one attached hydrogen (secondary N) is 1. The summed E-state index contributed by atoms with van der Waals surface area (Å²) in [6.07, 6.45) is 6.25. The van der Waals surface area contributed by atoms with Crippen LogP contribution in [0.1, 0.15) is 54.3 Å². The van der Waals surface area contributed by atoms with Gasteiger partial charge in [-0.2, -0.15) is 0 Å². The lowest BCUT2D eigenvalue weighted by molar-refractivity contribution is -0.118. The Hall–Kier alpha value is -1.14. The molecule has 2 aromatic rings. The van der Waals surface area contributed by atoms with Gasteiger partial charge in [0.2, 0.25) is 5.91 Å². The van der Waals surface area contributed by atoms with E-state index in [9.17, 15) is 4.79 Å². The van der Waals surface area contributed by atoms with Crippen LogP contribution in [0.25, 0.3) is 10.2 Å². The molecule has 0 aromatic carbocycles. The number of nitrogens with zero attached hydrogens (tertiary/aromatic N) is 2. The summed E-state index contributed by atoms with van der Waals surface area (Å²) in [5, 5.41) is 4.79. The summed E-state index contributed by atoms with van der Waals surface area (Å²) in [5.74, 6) is 1.90. The third-order valence-corrected chi connectivity index (χ3v) is 6.68. The summed E-state index contributed by atoms with van der Waals surface area (Å²) in [7, 11) is 1.67. The summed E-state index contributed by atoms with van der Waals surface area (Å²) in [6, 6.07) is 0. The van der Waals surface area contributed by atoms with Crippen LogP contribution < -0.4 is 5.32 Å². The SMILES string of the molecule is CNC(=O)CSc1nc(C2CCCCC2)nc2sc(C)c(C)c12. The minimum absolute atomic E-state index is 0.0329. The summed E-state index contributed by atoms with van der Waals surface area (Å²) >= 11 is 3.28. The minimum atomic E-state index is 0.0329. The Morgan fingerprint density at radius 3 is 2.70 bits per heavy atom. The van der Waals surface area contributed by atoms with E-state index in [4.69, 9.17) is 9.97 Å². The van der Waals surface area contributed by atoms with Gasteiger partial charge in [0.25, 0.3) is 0 Å². The standard InChI is InChI=1S/C17H23N3OS2/c1-10-11(2)23-17-14(10)16(22-9-13(21)18-3)19-15(20-17)12-7-5-4-6-8-12/h12H,4-9H2,1-3H3,(H,18,21). The third-order valence-electron chi connectivity index (χ3n) is 4.60. The van der Waals surface area contributed by atoms with E-state index >= 15 is 0 Å². The van der Waals surface area contributed by atoms with Crippen molar-refractivity contribution in [2.45, 2.75) is 56.9 Å². The van der Waals surface area contributed by atoms with Gasteiger partial charge in [-0.1, -0.05) is 31.0 Å². The van der Waals surface area contributed by atoms with Gasteiger partial charge in [0, 0.05) is 23.2 Å². The van der Waals surface area contributed by atoms with Crippen LogP contribution in [0.2, 0.25) is 0 Å². The lowest BCUT2D eigenvalue weighted by atomic mass is 9.89. The number of thiophene rings is 1. The molecule has 1 saturated carbocycles. The monoisotopic (exact) mass is 349 g/mol. The minimum Gasteiger partial charge on any atom is -0.358 e. The Kier molecular flexibility index (Phi) is 5.21. The molecule has 1 aliphatic carbocycles. The van der Waals surface area contributed by atoms with Crippen molar-refractivity contribution in [1.29, 1.82) is 0 Å². The van der Waals surface area contributed by atoms with E-state index in [1.165, 1.54) is 54.3 Å². The Morgan fingerprint density at radius 2 is 2.00 bits per heavy atom. The first-order valence-corrected chi connectivity index (χ1v) is 10.0. The van der Waals surface area contributed by atoms with E-state index in [1.807, 2.05) is 0 Å². The molecule has 23 heavy (non-hydrogen) atoms. The molecular formula is C17H23N3OS2. The Bertz CT molecular complexity index is 720. The zero-order valence-corrected chi connectivity index (χ0v) is 15.6. The van der Waals surface area contributed by atoms with Crippen LogP contribution >= 0.6 is 23.1 Å². The van der Waals surface area contributed by atoms with Crippen LogP contribution in [-0.2, 0) is 4.79 Å². The number of rotatable bonds is 4. The zero-order chi connectivity index (χ0) is 16.4. The van der Waals surface area contributed by atoms with Crippen LogP contribution in [0, 0.1) is 13.8 Å². The lowest BCUT2D eigenvalue weighted by Crippen LogP contribution is -2.20. The van der Waals surface area contributed by atoms with Crippen molar-refractivity contribution in [3.05, 3.63) is 16.3 Å². The number of aromatic nitrogens is 2. The zero-order valence-electron chi connectivity index (χ0n) is 13.9. The fraction of sp³-hybridized carbons (Fsp3) is 0.588. The number of hydrogen-bond acceptors (Lipinski definition) is 5. The highest BCUT2D eigenvalue weighted by atomic mass is 32.2. The Morgan fingerprint density at radius 1 is 1.26 bits per heavy atom. The molecule has 1 aliphatic rings. The van der Waals surface area contributed by atoms with Crippen LogP contribution in [0.4, 0.5) is 0 Å². The Labute approximate surface area is 145 Å². The largest absolute Gasteiger partial charge is 0.358 e. The molecule has 124 valence electrons. The first kappa shape index (κ1) is 16.7. The second-order valence-corrected chi connectivity index (χ2v) is 8.31. The van der Waals surface area contributed by atoms with Crippen molar-refractivity contribution < 1.29 is 4.79 Å². The van der Waals surface area contributed by atoms with Crippen molar-refractivity contribution in [3.8, 4) is 0 Å². The van der Waals surface area contributed by atoms with Gasteiger partial charge in [-0.25, -0.2) is 9.97 Å². The summed E-state index contributed by atoms with van der Waals surface area (Å²) < 4.78 is 0. The number of fused-ring (bicyclic) bond motifs is 1. The van der Waals surface area contributed by atoms with E-state index in [0.29, 0.717) is 11.7 Å². The number of amides is 1. The molecule has 0 unspecified atom stereocenters. The van der Waals surface area contributed by atoms with E-state index in [1.54, 1.807) is 18.4 Å². The third kappa shape index (κ3) is 3.53. The van der Waals surface area contributed by atoms with Gasteiger partial charge in [0.1, 0.15) is 15.7 Å². The molecular weight excluding hydrogens is 326 g/mol. The molecule has 0 spiro atoms. The predicted molar refractivity (Wildman–Crippen MR) is 97.5 cm³/mol. The fourth-order valence-electron chi connectivity index (χ4n) is 3.08. The van der Waals surface area contributed by atoms with Gasteiger partial charge < -0.3 is 5.32 Å². The molecule has 0 radical (unpaired) electrons. The second-order valence-electron chi connectivity index (χ2n) is 6.15. The molecule has 0 bridgehead atoms. The predicted octanol–water partition coefficient (Wildman–Crippen LogP) is 4.19. The topological polar surface area (TPSA) is 54.9 Å². The van der Waals surface area contributed by atoms with Gasteiger partial charge in [-0.15, -0.1) is 11.3 Å². The van der Waals surface area contributed by atoms with Crippen molar-refractivity contribution in [3.63, 3.8) is 0 Å². The molecule has 4 nitrogen and oxygen atoms in total. The van der Waals surface area contributed by atoms with Crippen LogP contribution in [-0.4, -0.2) is 28.7 Å². The van der Waals surface area contributed by atoms with Gasteiger partial charge >= 0.3 is 0 Å². The molecule has 1 amide bonds. The van der Waals surface area contributed by atoms with Crippen LogP contribution in [0.15, 0.2) is 5.03 Å². The molecule has 1 N–H and O–H groups in total. The molecule has 0 saturated heterocycles. The maximum absolute atomic E-state index is 11.6. The molecule has 2 heterocycles. The number of hydrogen-bond donors (Lipinski definition) is 1.